The van der Waals surface area contributed by atoms with E-state index in [1.165, 1.54) is 0 Å². The molecule has 0 saturated carbocycles. The SMILES string of the molecule is [K+].[NH-]CC(F)(F)C(O)c1ccc(F)cc1F. The van der Waals surface area contributed by atoms with Crippen molar-refractivity contribution in [3.05, 3.63) is 41.1 Å². The molecule has 0 fully saturated rings. The Morgan fingerprint density at radius 3 is 2.31 bits per heavy atom. The quantitative estimate of drug-likeness (QED) is 0.589. The number of aliphatic hydroxyl groups excluding tert-OH is 1. The third-order valence-corrected chi connectivity index (χ3v) is 1.89. The summed E-state index contributed by atoms with van der Waals surface area (Å²) in [7, 11) is 0. The number of hydrogen-bond acceptors (Lipinski definition) is 1. The van der Waals surface area contributed by atoms with Gasteiger partial charge >= 0.3 is 51.4 Å². The van der Waals surface area contributed by atoms with Gasteiger partial charge in [0.05, 0.1) is 0 Å². The molecule has 0 saturated heterocycles. The maximum absolute atomic E-state index is 13.0. The number of halogens is 4. The molecule has 1 aromatic carbocycles. The van der Waals surface area contributed by atoms with Crippen molar-refractivity contribution in [2.45, 2.75) is 12.0 Å². The molecule has 1 atom stereocenters. The molecule has 0 bridgehead atoms. The van der Waals surface area contributed by atoms with Crippen molar-refractivity contribution in [2.24, 2.45) is 0 Å². The fraction of sp³-hybridized carbons (Fsp3) is 0.333. The van der Waals surface area contributed by atoms with Crippen LogP contribution in [0.1, 0.15) is 11.7 Å². The van der Waals surface area contributed by atoms with E-state index in [0.29, 0.717) is 6.07 Å². The van der Waals surface area contributed by atoms with Gasteiger partial charge in [0.25, 0.3) is 5.92 Å². The molecule has 1 aromatic rings. The van der Waals surface area contributed by atoms with Crippen molar-refractivity contribution in [3.8, 4) is 0 Å². The molecule has 0 heterocycles. The number of aliphatic hydroxyl groups is 1. The van der Waals surface area contributed by atoms with Gasteiger partial charge in [-0.1, -0.05) is 12.6 Å². The third-order valence-electron chi connectivity index (χ3n) is 1.89. The van der Waals surface area contributed by atoms with Crippen molar-refractivity contribution < 1.29 is 74.1 Å². The van der Waals surface area contributed by atoms with E-state index >= 15 is 0 Å². The van der Waals surface area contributed by atoms with Crippen LogP contribution in [0.5, 0.6) is 0 Å². The van der Waals surface area contributed by atoms with E-state index in [1.807, 2.05) is 0 Å². The van der Waals surface area contributed by atoms with Crippen LogP contribution in [0.15, 0.2) is 18.2 Å². The van der Waals surface area contributed by atoms with Crippen LogP contribution in [0.25, 0.3) is 5.73 Å². The van der Waals surface area contributed by atoms with E-state index in [0.717, 1.165) is 12.1 Å². The zero-order valence-electron chi connectivity index (χ0n) is 8.48. The predicted molar refractivity (Wildman–Crippen MR) is 45.5 cm³/mol. The van der Waals surface area contributed by atoms with E-state index in [4.69, 9.17) is 10.8 Å². The van der Waals surface area contributed by atoms with E-state index in [1.54, 1.807) is 0 Å². The number of hydrogen-bond donors (Lipinski definition) is 1. The fourth-order valence-electron chi connectivity index (χ4n) is 1.05. The van der Waals surface area contributed by atoms with E-state index in [2.05, 4.69) is 0 Å². The number of benzene rings is 1. The topological polar surface area (TPSA) is 44.0 Å². The first kappa shape index (κ1) is 16.5. The second-order valence-electron chi connectivity index (χ2n) is 3.01. The molecule has 0 aromatic heterocycles. The van der Waals surface area contributed by atoms with E-state index in [9.17, 15) is 17.6 Å². The van der Waals surface area contributed by atoms with Crippen LogP contribution < -0.4 is 51.4 Å². The molecule has 16 heavy (non-hydrogen) atoms. The van der Waals surface area contributed by atoms with Crippen LogP contribution in [0.4, 0.5) is 17.6 Å². The van der Waals surface area contributed by atoms with Crippen LogP contribution in [-0.4, -0.2) is 17.6 Å². The summed E-state index contributed by atoms with van der Waals surface area (Å²) >= 11 is 0. The monoisotopic (exact) mass is 261 g/mol. The molecule has 1 unspecified atom stereocenters. The molecule has 2 N–H and O–H groups in total. The van der Waals surface area contributed by atoms with Gasteiger partial charge in [0, 0.05) is 11.6 Å². The normalized spacial score (nSPS) is 13.1. The van der Waals surface area contributed by atoms with Gasteiger partial charge in [-0.2, -0.15) is 0 Å². The first-order valence-corrected chi connectivity index (χ1v) is 4.04. The van der Waals surface area contributed by atoms with Crippen LogP contribution in [0, 0.1) is 11.6 Å². The van der Waals surface area contributed by atoms with E-state index < -0.39 is 35.8 Å². The molecule has 84 valence electrons. The van der Waals surface area contributed by atoms with Crippen molar-refractivity contribution in [3.63, 3.8) is 0 Å². The van der Waals surface area contributed by atoms with Crippen molar-refractivity contribution in [1.29, 1.82) is 0 Å². The molecule has 0 aliphatic rings. The molecule has 0 spiro atoms. The Morgan fingerprint density at radius 2 is 1.88 bits per heavy atom. The number of alkyl halides is 2. The molecule has 0 aliphatic heterocycles. The summed E-state index contributed by atoms with van der Waals surface area (Å²) in [5.74, 6) is -5.92. The standard InChI is InChI=1S/C9H8F4NO.K/c10-5-1-2-6(7(11)3-5)8(15)9(12,13)4-14;/h1-3,8,14-15H,4H2;/q-1;+1. The van der Waals surface area contributed by atoms with Gasteiger partial charge in [0.2, 0.25) is 0 Å². The molecule has 0 aliphatic carbocycles. The summed E-state index contributed by atoms with van der Waals surface area (Å²) in [6, 6.07) is 1.90. The number of nitrogens with one attached hydrogen (secondary N) is 1. The van der Waals surface area contributed by atoms with Crippen molar-refractivity contribution >= 4 is 0 Å². The molecule has 0 radical (unpaired) electrons. The molecule has 7 heteroatoms. The largest absolute Gasteiger partial charge is 1.00 e. The molecule has 2 nitrogen and oxygen atoms in total. The minimum atomic E-state index is -3.75. The summed E-state index contributed by atoms with van der Waals surface area (Å²) in [6.45, 7) is -1.37. The Labute approximate surface area is 132 Å². The Balaban J connectivity index is 0.00000225. The first-order valence-electron chi connectivity index (χ1n) is 4.04. The van der Waals surface area contributed by atoms with Crippen molar-refractivity contribution in [2.75, 3.05) is 6.54 Å². The average Bonchev–Trinajstić information content (AvgIpc) is 2.17. The maximum Gasteiger partial charge on any atom is 1.00 e. The second-order valence-corrected chi connectivity index (χ2v) is 3.01. The zero-order valence-corrected chi connectivity index (χ0v) is 11.6. The van der Waals surface area contributed by atoms with Gasteiger partial charge in [-0.3, -0.25) is 0 Å². The van der Waals surface area contributed by atoms with Gasteiger partial charge in [-0.05, 0) is 6.07 Å². The molecular weight excluding hydrogens is 253 g/mol. The van der Waals surface area contributed by atoms with E-state index in [-0.39, 0.29) is 51.4 Å². The summed E-state index contributed by atoms with van der Waals surface area (Å²) in [5.41, 5.74) is 5.78. The summed E-state index contributed by atoms with van der Waals surface area (Å²) in [4.78, 5) is 0. The van der Waals surface area contributed by atoms with Gasteiger partial charge in [-0.15, -0.1) is 0 Å². The van der Waals surface area contributed by atoms with Gasteiger partial charge < -0.3 is 10.8 Å². The Morgan fingerprint density at radius 1 is 1.31 bits per heavy atom. The third kappa shape index (κ3) is 3.76. The fourth-order valence-corrected chi connectivity index (χ4v) is 1.05. The van der Waals surface area contributed by atoms with Gasteiger partial charge in [0.15, 0.2) is 0 Å². The molecular formula is C9H8F4KNO. The second kappa shape index (κ2) is 6.43. The molecule has 0 amide bonds. The van der Waals surface area contributed by atoms with Crippen LogP contribution in [0.2, 0.25) is 0 Å². The van der Waals surface area contributed by atoms with Crippen LogP contribution >= 0.6 is 0 Å². The first-order chi connectivity index (χ1) is 6.88. The van der Waals surface area contributed by atoms with Gasteiger partial charge in [-0.25, -0.2) is 17.6 Å². The summed E-state index contributed by atoms with van der Waals surface area (Å²) in [6.07, 6.45) is -2.43. The zero-order chi connectivity index (χ0) is 11.6. The maximum atomic E-state index is 13.0. The predicted octanol–water partition coefficient (Wildman–Crippen LogP) is -0.310. The molecule has 1 rings (SSSR count). The Kier molecular flexibility index (Phi) is 6.63. The van der Waals surface area contributed by atoms with Gasteiger partial charge in [0.1, 0.15) is 17.7 Å². The van der Waals surface area contributed by atoms with Crippen LogP contribution in [-0.2, 0) is 0 Å². The Bertz CT molecular complexity index is 361. The smallest absolute Gasteiger partial charge is 0.672 e. The minimum absolute atomic E-state index is 0. The van der Waals surface area contributed by atoms with Crippen LogP contribution in [0.3, 0.4) is 0 Å². The average molecular weight is 261 g/mol. The Hall–Kier alpha value is 0.496. The van der Waals surface area contributed by atoms with Crippen molar-refractivity contribution in [1.82, 2.24) is 0 Å². The summed E-state index contributed by atoms with van der Waals surface area (Å²) in [5, 5.41) is 9.09. The minimum Gasteiger partial charge on any atom is -0.672 e. The number of rotatable bonds is 3. The summed E-state index contributed by atoms with van der Waals surface area (Å²) < 4.78 is 51.0.